The molecule has 21 heavy (non-hydrogen) atoms. The minimum absolute atomic E-state index is 0.197. The van der Waals surface area contributed by atoms with Gasteiger partial charge in [-0.3, -0.25) is 4.79 Å². The number of hydrogen-bond donors (Lipinski definition) is 2. The van der Waals surface area contributed by atoms with Crippen LogP contribution in [0.25, 0.3) is 0 Å². The minimum Gasteiger partial charge on any atom is -0.480 e. The lowest BCUT2D eigenvalue weighted by atomic mass is 10.1. The van der Waals surface area contributed by atoms with Gasteiger partial charge in [0.2, 0.25) is 0 Å². The predicted molar refractivity (Wildman–Crippen MR) is 79.2 cm³/mol. The Hall–Kier alpha value is -2.08. The number of aliphatic carboxylic acids is 1. The first-order valence-electron chi connectivity index (χ1n) is 6.76. The van der Waals surface area contributed by atoms with E-state index in [9.17, 15) is 9.59 Å². The van der Waals surface area contributed by atoms with Crippen LogP contribution in [0.4, 0.5) is 4.79 Å². The summed E-state index contributed by atoms with van der Waals surface area (Å²) >= 11 is 0. The summed E-state index contributed by atoms with van der Waals surface area (Å²) in [6.07, 6.45) is 0. The van der Waals surface area contributed by atoms with Gasteiger partial charge in [0.15, 0.2) is 0 Å². The molecule has 1 aromatic rings. The summed E-state index contributed by atoms with van der Waals surface area (Å²) in [5.74, 6) is -1.05. The standard InChI is InChI=1S/C15H22N2O4/c1-11-4-6-13(7-5-11)12(2)16-15(20)17(8-9-21-3)10-14(18)19/h4-7,12H,8-10H2,1-3H3,(H,16,20)(H,18,19). The highest BCUT2D eigenvalue weighted by Crippen LogP contribution is 2.13. The van der Waals surface area contributed by atoms with E-state index in [1.807, 2.05) is 38.1 Å². The number of benzene rings is 1. The van der Waals surface area contributed by atoms with Gasteiger partial charge in [-0.15, -0.1) is 0 Å². The second-order valence-electron chi connectivity index (χ2n) is 4.89. The van der Waals surface area contributed by atoms with Gasteiger partial charge >= 0.3 is 12.0 Å². The van der Waals surface area contributed by atoms with E-state index in [1.54, 1.807) is 0 Å². The molecular formula is C15H22N2O4. The van der Waals surface area contributed by atoms with Crippen LogP contribution in [0.3, 0.4) is 0 Å². The Labute approximate surface area is 124 Å². The van der Waals surface area contributed by atoms with Crippen LogP contribution >= 0.6 is 0 Å². The molecule has 1 unspecified atom stereocenters. The number of carbonyl (C=O) groups is 2. The fraction of sp³-hybridized carbons (Fsp3) is 0.467. The zero-order valence-electron chi connectivity index (χ0n) is 12.6. The lowest BCUT2D eigenvalue weighted by Gasteiger charge is -2.23. The van der Waals surface area contributed by atoms with E-state index in [4.69, 9.17) is 9.84 Å². The molecule has 0 saturated heterocycles. The first-order valence-corrected chi connectivity index (χ1v) is 6.76. The summed E-state index contributed by atoms with van der Waals surface area (Å²) in [5.41, 5.74) is 2.11. The maximum absolute atomic E-state index is 12.1. The monoisotopic (exact) mass is 294 g/mol. The van der Waals surface area contributed by atoms with Crippen molar-refractivity contribution in [3.8, 4) is 0 Å². The number of carboxylic acids is 1. The largest absolute Gasteiger partial charge is 0.480 e. The number of aryl methyl sites for hydroxylation is 1. The number of methoxy groups -OCH3 is 1. The zero-order chi connectivity index (χ0) is 15.8. The number of nitrogens with zero attached hydrogens (tertiary/aromatic N) is 1. The van der Waals surface area contributed by atoms with Crippen molar-refractivity contribution in [3.63, 3.8) is 0 Å². The molecule has 1 atom stereocenters. The second-order valence-corrected chi connectivity index (χ2v) is 4.89. The molecule has 2 N–H and O–H groups in total. The van der Waals surface area contributed by atoms with Gasteiger partial charge in [0.05, 0.1) is 12.6 Å². The van der Waals surface area contributed by atoms with Gasteiger partial charge in [-0.25, -0.2) is 4.79 Å². The van der Waals surface area contributed by atoms with Crippen molar-refractivity contribution in [2.75, 3.05) is 26.8 Å². The third-order valence-corrected chi connectivity index (χ3v) is 3.10. The molecule has 116 valence electrons. The molecule has 0 radical (unpaired) electrons. The average molecular weight is 294 g/mol. The summed E-state index contributed by atoms with van der Waals surface area (Å²) in [5, 5.41) is 11.6. The van der Waals surface area contributed by atoms with Crippen molar-refractivity contribution < 1.29 is 19.4 Å². The number of nitrogens with one attached hydrogen (secondary N) is 1. The highest BCUT2D eigenvalue weighted by atomic mass is 16.5. The molecule has 0 spiro atoms. The Balaban J connectivity index is 2.66. The van der Waals surface area contributed by atoms with Crippen molar-refractivity contribution in [2.45, 2.75) is 19.9 Å². The fourth-order valence-electron chi connectivity index (χ4n) is 1.83. The Morgan fingerprint density at radius 3 is 2.48 bits per heavy atom. The first kappa shape index (κ1) is 17.0. The Bertz CT molecular complexity index is 473. The van der Waals surface area contributed by atoms with Gasteiger partial charge < -0.3 is 20.1 Å². The Kier molecular flexibility index (Phi) is 6.68. The fourth-order valence-corrected chi connectivity index (χ4v) is 1.83. The number of rotatable bonds is 7. The molecule has 0 bridgehead atoms. The lowest BCUT2D eigenvalue weighted by Crippen LogP contribution is -2.45. The maximum atomic E-state index is 12.1. The van der Waals surface area contributed by atoms with Gasteiger partial charge in [0, 0.05) is 13.7 Å². The molecular weight excluding hydrogens is 272 g/mol. The molecule has 6 nitrogen and oxygen atoms in total. The number of carboxylic acid groups (broad SMARTS) is 1. The van der Waals surface area contributed by atoms with E-state index in [2.05, 4.69) is 5.32 Å². The number of urea groups is 1. The van der Waals surface area contributed by atoms with Gasteiger partial charge in [-0.2, -0.15) is 0 Å². The SMILES string of the molecule is COCCN(CC(=O)O)C(=O)NC(C)c1ccc(C)cc1. The average Bonchev–Trinajstić information content (AvgIpc) is 2.43. The smallest absolute Gasteiger partial charge is 0.323 e. The summed E-state index contributed by atoms with van der Waals surface area (Å²) in [6.45, 7) is 4.02. The van der Waals surface area contributed by atoms with E-state index >= 15 is 0 Å². The highest BCUT2D eigenvalue weighted by Gasteiger charge is 2.18. The van der Waals surface area contributed by atoms with Gasteiger partial charge in [-0.05, 0) is 19.4 Å². The van der Waals surface area contributed by atoms with Gasteiger partial charge in [0.1, 0.15) is 6.54 Å². The van der Waals surface area contributed by atoms with Crippen molar-refractivity contribution >= 4 is 12.0 Å². The Morgan fingerprint density at radius 1 is 1.33 bits per heavy atom. The molecule has 0 fully saturated rings. The molecule has 0 heterocycles. The minimum atomic E-state index is -1.05. The first-order chi connectivity index (χ1) is 9.93. The zero-order valence-corrected chi connectivity index (χ0v) is 12.6. The summed E-state index contributed by atoms with van der Waals surface area (Å²) in [4.78, 5) is 24.2. The quantitative estimate of drug-likeness (QED) is 0.803. The van der Waals surface area contributed by atoms with E-state index in [0.29, 0.717) is 6.61 Å². The van der Waals surface area contributed by atoms with E-state index in [1.165, 1.54) is 12.0 Å². The van der Waals surface area contributed by atoms with Crippen LogP contribution in [-0.4, -0.2) is 48.8 Å². The topological polar surface area (TPSA) is 78.9 Å². The number of hydrogen-bond acceptors (Lipinski definition) is 3. The van der Waals surface area contributed by atoms with Crippen LogP contribution < -0.4 is 5.32 Å². The third-order valence-electron chi connectivity index (χ3n) is 3.10. The molecule has 1 rings (SSSR count). The van der Waals surface area contributed by atoms with Crippen LogP contribution in [-0.2, 0) is 9.53 Å². The normalized spacial score (nSPS) is 11.8. The van der Waals surface area contributed by atoms with E-state index in [-0.39, 0.29) is 19.1 Å². The van der Waals surface area contributed by atoms with Crippen LogP contribution in [0.2, 0.25) is 0 Å². The van der Waals surface area contributed by atoms with Crippen molar-refractivity contribution in [1.29, 1.82) is 0 Å². The summed E-state index contributed by atoms with van der Waals surface area (Å²) < 4.78 is 4.89. The molecule has 0 aliphatic carbocycles. The lowest BCUT2D eigenvalue weighted by molar-refractivity contribution is -0.137. The van der Waals surface area contributed by atoms with Crippen molar-refractivity contribution in [1.82, 2.24) is 10.2 Å². The van der Waals surface area contributed by atoms with Gasteiger partial charge in [-0.1, -0.05) is 29.8 Å². The van der Waals surface area contributed by atoms with Crippen molar-refractivity contribution in [3.05, 3.63) is 35.4 Å². The van der Waals surface area contributed by atoms with E-state index in [0.717, 1.165) is 11.1 Å². The predicted octanol–water partition coefficient (Wildman–Crippen LogP) is 1.80. The van der Waals surface area contributed by atoms with E-state index < -0.39 is 12.0 Å². The van der Waals surface area contributed by atoms with Crippen LogP contribution in [0.15, 0.2) is 24.3 Å². The molecule has 0 aromatic heterocycles. The number of amides is 2. The molecule has 6 heteroatoms. The highest BCUT2D eigenvalue weighted by molar-refractivity contribution is 5.80. The molecule has 0 aliphatic rings. The van der Waals surface area contributed by atoms with Crippen LogP contribution in [0.1, 0.15) is 24.1 Å². The molecule has 0 aliphatic heterocycles. The van der Waals surface area contributed by atoms with Crippen LogP contribution in [0, 0.1) is 6.92 Å². The van der Waals surface area contributed by atoms with Crippen molar-refractivity contribution in [2.24, 2.45) is 0 Å². The molecule has 2 amide bonds. The third kappa shape index (κ3) is 5.83. The maximum Gasteiger partial charge on any atom is 0.323 e. The molecule has 0 saturated carbocycles. The molecule has 1 aromatic carbocycles. The Morgan fingerprint density at radius 2 is 1.95 bits per heavy atom. The summed E-state index contributed by atoms with van der Waals surface area (Å²) in [7, 11) is 1.51. The van der Waals surface area contributed by atoms with Crippen LogP contribution in [0.5, 0.6) is 0 Å². The summed E-state index contributed by atoms with van der Waals surface area (Å²) in [6, 6.07) is 7.21. The van der Waals surface area contributed by atoms with Gasteiger partial charge in [0.25, 0.3) is 0 Å². The number of ether oxygens (including phenoxy) is 1. The second kappa shape index (κ2) is 8.26. The number of carbonyl (C=O) groups excluding carboxylic acids is 1.